The van der Waals surface area contributed by atoms with E-state index in [1.807, 2.05) is 39.0 Å². The van der Waals surface area contributed by atoms with Crippen molar-refractivity contribution in [1.82, 2.24) is 10.3 Å². The second-order valence-electron chi connectivity index (χ2n) is 5.23. The van der Waals surface area contributed by atoms with Crippen LogP contribution in [0.4, 0.5) is 0 Å². The number of rotatable bonds is 7. The number of benzene rings is 1. The number of hydrogen-bond donors (Lipinski definition) is 1. The molecule has 0 spiro atoms. The van der Waals surface area contributed by atoms with Crippen molar-refractivity contribution in [3.05, 3.63) is 51.8 Å². The van der Waals surface area contributed by atoms with Crippen LogP contribution in [0.15, 0.2) is 30.3 Å². The smallest absolute Gasteiger partial charge is 0.271 e. The number of halogens is 2. The van der Waals surface area contributed by atoms with E-state index in [0.717, 1.165) is 5.56 Å². The predicted molar refractivity (Wildman–Crippen MR) is 98.9 cm³/mol. The van der Waals surface area contributed by atoms with Crippen molar-refractivity contribution in [1.29, 1.82) is 0 Å². The molecule has 0 fully saturated rings. The normalized spacial score (nSPS) is 11.7. The highest BCUT2D eigenvalue weighted by atomic mass is 35.5. The number of nitrogens with one attached hydrogen (secondary N) is 1. The maximum absolute atomic E-state index is 12.4. The Morgan fingerprint density at radius 3 is 2.48 bits per heavy atom. The van der Waals surface area contributed by atoms with E-state index in [4.69, 9.17) is 32.7 Å². The van der Waals surface area contributed by atoms with Crippen LogP contribution in [0.25, 0.3) is 0 Å². The number of nitrogens with zero attached hydrogens (tertiary/aromatic N) is 1. The highest BCUT2D eigenvalue weighted by Crippen LogP contribution is 2.31. The van der Waals surface area contributed by atoms with Crippen LogP contribution in [0, 0.1) is 0 Å². The van der Waals surface area contributed by atoms with E-state index in [1.165, 1.54) is 6.07 Å². The van der Waals surface area contributed by atoms with Gasteiger partial charge in [0.05, 0.1) is 24.3 Å². The standard InChI is InChI=1S/C18H20Cl2N2O3/c1-4-24-14-8-6-12(10-15(14)25-5-2)11(3)21-18(23)17-13(19)7-9-16(20)22-17/h6-11H,4-5H2,1-3H3,(H,21,23)/t11-/m1/s1. The summed E-state index contributed by atoms with van der Waals surface area (Å²) in [5.74, 6) is 0.917. The van der Waals surface area contributed by atoms with Crippen LogP contribution in [0.5, 0.6) is 11.5 Å². The first kappa shape index (κ1) is 19.3. The Bertz CT molecular complexity index is 753. The summed E-state index contributed by atoms with van der Waals surface area (Å²) in [6, 6.07) is 8.36. The maximum atomic E-state index is 12.4. The lowest BCUT2D eigenvalue weighted by Crippen LogP contribution is -2.27. The van der Waals surface area contributed by atoms with Gasteiger partial charge in [-0.05, 0) is 50.6 Å². The number of carbonyl (C=O) groups is 1. The van der Waals surface area contributed by atoms with Crippen molar-refractivity contribution in [2.75, 3.05) is 13.2 Å². The first-order chi connectivity index (χ1) is 12.0. The summed E-state index contributed by atoms with van der Waals surface area (Å²) < 4.78 is 11.2. The summed E-state index contributed by atoms with van der Waals surface area (Å²) in [6.45, 7) is 6.74. The third-order valence-electron chi connectivity index (χ3n) is 3.44. The predicted octanol–water partition coefficient (Wildman–Crippen LogP) is 4.68. The first-order valence-electron chi connectivity index (χ1n) is 7.98. The minimum atomic E-state index is -0.396. The number of carbonyl (C=O) groups excluding carboxylic acids is 1. The molecule has 134 valence electrons. The van der Waals surface area contributed by atoms with Gasteiger partial charge < -0.3 is 14.8 Å². The van der Waals surface area contributed by atoms with Crippen LogP contribution in [0.1, 0.15) is 42.9 Å². The van der Waals surface area contributed by atoms with Crippen LogP contribution in [-0.4, -0.2) is 24.1 Å². The van der Waals surface area contributed by atoms with E-state index in [9.17, 15) is 4.79 Å². The second kappa shape index (κ2) is 8.92. The van der Waals surface area contributed by atoms with Crippen molar-refractivity contribution < 1.29 is 14.3 Å². The van der Waals surface area contributed by atoms with Crippen LogP contribution >= 0.6 is 23.2 Å². The van der Waals surface area contributed by atoms with Crippen LogP contribution < -0.4 is 14.8 Å². The molecule has 0 aliphatic heterocycles. The van der Waals surface area contributed by atoms with Crippen LogP contribution in [0.2, 0.25) is 10.2 Å². The molecule has 1 aromatic heterocycles. The zero-order chi connectivity index (χ0) is 18.4. The number of aromatic nitrogens is 1. The molecule has 5 nitrogen and oxygen atoms in total. The molecule has 1 aromatic carbocycles. The molecule has 0 aliphatic carbocycles. The fourth-order valence-corrected chi connectivity index (χ4v) is 2.60. The van der Waals surface area contributed by atoms with E-state index in [-0.39, 0.29) is 21.9 Å². The average Bonchev–Trinajstić information content (AvgIpc) is 2.58. The number of pyridine rings is 1. The molecule has 0 saturated heterocycles. The third kappa shape index (κ3) is 5.00. The molecule has 2 aromatic rings. The maximum Gasteiger partial charge on any atom is 0.271 e. The molecule has 0 bridgehead atoms. The number of hydrogen-bond acceptors (Lipinski definition) is 4. The molecule has 2 rings (SSSR count). The van der Waals surface area contributed by atoms with Gasteiger partial charge in [0.15, 0.2) is 11.5 Å². The van der Waals surface area contributed by atoms with Gasteiger partial charge in [-0.15, -0.1) is 0 Å². The Hall–Kier alpha value is -1.98. The number of amides is 1. The molecule has 25 heavy (non-hydrogen) atoms. The van der Waals surface area contributed by atoms with Crippen LogP contribution in [0.3, 0.4) is 0 Å². The minimum Gasteiger partial charge on any atom is -0.490 e. The fraction of sp³-hybridized carbons (Fsp3) is 0.333. The summed E-state index contributed by atoms with van der Waals surface area (Å²) in [5, 5.41) is 3.32. The van der Waals surface area contributed by atoms with Gasteiger partial charge >= 0.3 is 0 Å². The lowest BCUT2D eigenvalue weighted by molar-refractivity contribution is 0.0935. The molecular weight excluding hydrogens is 363 g/mol. The molecule has 0 unspecified atom stereocenters. The van der Waals surface area contributed by atoms with Gasteiger partial charge in [0, 0.05) is 0 Å². The summed E-state index contributed by atoms with van der Waals surface area (Å²) in [5.41, 5.74) is 0.968. The molecule has 1 N–H and O–H groups in total. The van der Waals surface area contributed by atoms with E-state index in [0.29, 0.717) is 24.7 Å². The Balaban J connectivity index is 2.19. The summed E-state index contributed by atoms with van der Waals surface area (Å²) >= 11 is 11.9. The van der Waals surface area contributed by atoms with Gasteiger partial charge in [-0.2, -0.15) is 0 Å². The topological polar surface area (TPSA) is 60.5 Å². The molecule has 0 radical (unpaired) electrons. The van der Waals surface area contributed by atoms with Gasteiger partial charge in [0.1, 0.15) is 10.8 Å². The highest BCUT2D eigenvalue weighted by molar-refractivity contribution is 6.34. The van der Waals surface area contributed by atoms with Crippen molar-refractivity contribution in [2.24, 2.45) is 0 Å². The van der Waals surface area contributed by atoms with E-state index in [2.05, 4.69) is 10.3 Å². The summed E-state index contributed by atoms with van der Waals surface area (Å²) in [4.78, 5) is 16.4. The van der Waals surface area contributed by atoms with Gasteiger partial charge in [-0.3, -0.25) is 4.79 Å². The van der Waals surface area contributed by atoms with E-state index in [1.54, 1.807) is 6.07 Å². The van der Waals surface area contributed by atoms with Crippen molar-refractivity contribution in [3.63, 3.8) is 0 Å². The van der Waals surface area contributed by atoms with Crippen molar-refractivity contribution >= 4 is 29.1 Å². The lowest BCUT2D eigenvalue weighted by atomic mass is 10.1. The van der Waals surface area contributed by atoms with Gasteiger partial charge in [0.2, 0.25) is 0 Å². The second-order valence-corrected chi connectivity index (χ2v) is 6.03. The van der Waals surface area contributed by atoms with Crippen LogP contribution in [-0.2, 0) is 0 Å². The molecule has 1 atom stereocenters. The van der Waals surface area contributed by atoms with E-state index >= 15 is 0 Å². The summed E-state index contributed by atoms with van der Waals surface area (Å²) in [6.07, 6.45) is 0. The Morgan fingerprint density at radius 1 is 1.12 bits per heavy atom. The first-order valence-corrected chi connectivity index (χ1v) is 8.74. The molecule has 1 heterocycles. The molecule has 1 amide bonds. The van der Waals surface area contributed by atoms with Gasteiger partial charge in [0.25, 0.3) is 5.91 Å². The van der Waals surface area contributed by atoms with Gasteiger partial charge in [-0.1, -0.05) is 29.3 Å². The SMILES string of the molecule is CCOc1ccc([C@@H](C)NC(=O)c2nc(Cl)ccc2Cl)cc1OCC. The average molecular weight is 383 g/mol. The lowest BCUT2D eigenvalue weighted by Gasteiger charge is -2.17. The molecule has 7 heteroatoms. The third-order valence-corrected chi connectivity index (χ3v) is 3.96. The Morgan fingerprint density at radius 2 is 1.80 bits per heavy atom. The fourth-order valence-electron chi connectivity index (χ4n) is 2.26. The number of ether oxygens (including phenoxy) is 2. The molecular formula is C18H20Cl2N2O3. The Kier molecular flexibility index (Phi) is 6.91. The van der Waals surface area contributed by atoms with Crippen molar-refractivity contribution in [2.45, 2.75) is 26.8 Å². The quantitative estimate of drug-likeness (QED) is 0.706. The largest absolute Gasteiger partial charge is 0.490 e. The van der Waals surface area contributed by atoms with E-state index < -0.39 is 5.91 Å². The minimum absolute atomic E-state index is 0.0944. The zero-order valence-corrected chi connectivity index (χ0v) is 15.8. The van der Waals surface area contributed by atoms with Gasteiger partial charge in [-0.25, -0.2) is 4.98 Å². The highest BCUT2D eigenvalue weighted by Gasteiger charge is 2.17. The summed E-state index contributed by atoms with van der Waals surface area (Å²) in [7, 11) is 0. The molecule has 0 aliphatic rings. The monoisotopic (exact) mass is 382 g/mol. The zero-order valence-electron chi connectivity index (χ0n) is 14.3. The van der Waals surface area contributed by atoms with Crippen molar-refractivity contribution in [3.8, 4) is 11.5 Å². The Labute approximate surface area is 157 Å². The molecule has 0 saturated carbocycles.